The second-order valence-electron chi connectivity index (χ2n) is 4.63. The zero-order valence-corrected chi connectivity index (χ0v) is 13.3. The van der Waals surface area contributed by atoms with Crippen molar-refractivity contribution in [1.82, 2.24) is 5.32 Å². The Balaban J connectivity index is 1.92. The second kappa shape index (κ2) is 7.75. The Labute approximate surface area is 134 Å². The van der Waals surface area contributed by atoms with E-state index in [-0.39, 0.29) is 22.2 Å². The van der Waals surface area contributed by atoms with Gasteiger partial charge < -0.3 is 14.8 Å². The highest BCUT2D eigenvalue weighted by molar-refractivity contribution is 7.99. The van der Waals surface area contributed by atoms with Crippen LogP contribution in [-0.2, 0) is 0 Å². The van der Waals surface area contributed by atoms with Crippen molar-refractivity contribution >= 4 is 29.0 Å². The number of carbonyl (C=O) groups excluding carboxylic acids is 1. The summed E-state index contributed by atoms with van der Waals surface area (Å²) in [4.78, 5) is 12.6. The van der Waals surface area contributed by atoms with Gasteiger partial charge in [-0.05, 0) is 30.5 Å². The van der Waals surface area contributed by atoms with E-state index in [1.165, 1.54) is 12.3 Å². The lowest BCUT2D eigenvalue weighted by Gasteiger charge is -2.16. The molecule has 2 heterocycles. The Morgan fingerprint density at radius 3 is 2.91 bits per heavy atom. The topological polar surface area (TPSA) is 62.5 Å². The Hall–Kier alpha value is -1.38. The molecule has 0 aromatic carbocycles. The molecule has 4 nitrogen and oxygen atoms in total. The number of aliphatic hydroxyl groups is 1. The molecule has 0 radical (unpaired) electrons. The van der Waals surface area contributed by atoms with Gasteiger partial charge in [0.1, 0.15) is 16.7 Å². The maximum Gasteiger partial charge on any atom is 0.288 e. The summed E-state index contributed by atoms with van der Waals surface area (Å²) in [6.45, 7) is 1.73. The zero-order chi connectivity index (χ0) is 16.1. The van der Waals surface area contributed by atoms with Crippen LogP contribution in [0.25, 0.3) is 0 Å². The van der Waals surface area contributed by atoms with Crippen LogP contribution in [0.3, 0.4) is 0 Å². The molecule has 2 aromatic heterocycles. The van der Waals surface area contributed by atoms with E-state index >= 15 is 0 Å². The van der Waals surface area contributed by atoms with Crippen molar-refractivity contribution in [3.63, 3.8) is 0 Å². The molecule has 2 rings (SSSR count). The first-order valence-corrected chi connectivity index (χ1v) is 8.28. The van der Waals surface area contributed by atoms with Crippen molar-refractivity contribution in [2.24, 2.45) is 0 Å². The highest BCUT2D eigenvalue weighted by atomic mass is 32.2. The first-order chi connectivity index (χ1) is 10.5. The van der Waals surface area contributed by atoms with Gasteiger partial charge in [0.05, 0.1) is 6.26 Å². The molecule has 0 aliphatic heterocycles. The van der Waals surface area contributed by atoms with Gasteiger partial charge in [0.2, 0.25) is 0 Å². The number of alkyl halides is 2. The highest BCUT2D eigenvalue weighted by Crippen LogP contribution is 2.32. The monoisotopic (exact) mass is 347 g/mol. The average molecular weight is 347 g/mol. The third-order valence-electron chi connectivity index (χ3n) is 2.88. The Kier molecular flexibility index (Phi) is 5.98. The summed E-state index contributed by atoms with van der Waals surface area (Å²) in [6, 6.07) is 4.48. The van der Waals surface area contributed by atoms with E-state index in [1.807, 2.05) is 0 Å². The average Bonchev–Trinajstić information content (AvgIpc) is 3.07. The zero-order valence-electron chi connectivity index (χ0n) is 11.7. The lowest BCUT2D eigenvalue weighted by molar-refractivity contribution is 0.0904. The third-order valence-corrected chi connectivity index (χ3v) is 4.69. The third kappa shape index (κ3) is 4.56. The molecule has 0 bridgehead atoms. The van der Waals surface area contributed by atoms with Gasteiger partial charge in [-0.1, -0.05) is 11.8 Å². The molecule has 0 saturated heterocycles. The summed E-state index contributed by atoms with van der Waals surface area (Å²) in [5, 5.41) is 14.3. The molecule has 0 saturated carbocycles. The molecule has 0 spiro atoms. The number of furan rings is 1. The summed E-state index contributed by atoms with van der Waals surface area (Å²) in [7, 11) is 0. The maximum absolute atomic E-state index is 12.4. The van der Waals surface area contributed by atoms with Crippen LogP contribution >= 0.6 is 23.1 Å². The number of thioether (sulfide) groups is 1. The van der Waals surface area contributed by atoms with Crippen LogP contribution in [0, 0.1) is 0 Å². The summed E-state index contributed by atoms with van der Waals surface area (Å²) < 4.78 is 29.9. The minimum absolute atomic E-state index is 0.254. The molecule has 0 aliphatic carbocycles. The SMILES string of the molecule is CC(CC(O)c1ccco1)NC(=O)c1sccc1SC(F)F. The predicted molar refractivity (Wildman–Crippen MR) is 81.4 cm³/mol. The van der Waals surface area contributed by atoms with Crippen LogP contribution in [0.15, 0.2) is 39.2 Å². The van der Waals surface area contributed by atoms with E-state index in [0.717, 1.165) is 11.3 Å². The molecule has 2 aromatic rings. The molecule has 0 fully saturated rings. The number of thiophene rings is 1. The molecule has 120 valence electrons. The van der Waals surface area contributed by atoms with Crippen LogP contribution in [0.4, 0.5) is 8.78 Å². The summed E-state index contributed by atoms with van der Waals surface area (Å²) in [5.41, 5.74) is 0. The Bertz CT molecular complexity index is 601. The standard InChI is InChI=1S/C14H15F2NO3S2/c1-8(7-9(18)10-3-2-5-20-10)17-13(19)12-11(4-6-21-12)22-14(15)16/h2-6,8-9,14,18H,7H2,1H3,(H,17,19). The summed E-state index contributed by atoms with van der Waals surface area (Å²) in [6.07, 6.45) is 0.895. The number of rotatable bonds is 7. The van der Waals surface area contributed by atoms with Crippen molar-refractivity contribution in [3.05, 3.63) is 40.5 Å². The lowest BCUT2D eigenvalue weighted by Crippen LogP contribution is -2.33. The van der Waals surface area contributed by atoms with E-state index in [4.69, 9.17) is 4.42 Å². The largest absolute Gasteiger partial charge is 0.467 e. The van der Waals surface area contributed by atoms with Gasteiger partial charge in [-0.15, -0.1) is 11.3 Å². The van der Waals surface area contributed by atoms with E-state index < -0.39 is 17.8 Å². The molecule has 2 N–H and O–H groups in total. The normalized spacial score (nSPS) is 14.0. The molecule has 1 amide bonds. The van der Waals surface area contributed by atoms with E-state index in [1.54, 1.807) is 24.4 Å². The molecular weight excluding hydrogens is 332 g/mol. The number of carbonyl (C=O) groups is 1. The van der Waals surface area contributed by atoms with E-state index in [2.05, 4.69) is 5.32 Å². The first kappa shape index (κ1) is 17.0. The second-order valence-corrected chi connectivity index (χ2v) is 6.58. The van der Waals surface area contributed by atoms with Crippen LogP contribution in [0.1, 0.15) is 34.9 Å². The van der Waals surface area contributed by atoms with Crippen molar-refractivity contribution in [2.45, 2.75) is 36.1 Å². The maximum atomic E-state index is 12.4. The van der Waals surface area contributed by atoms with Gasteiger partial charge in [-0.2, -0.15) is 8.78 Å². The van der Waals surface area contributed by atoms with E-state index in [9.17, 15) is 18.7 Å². The number of hydrogen-bond acceptors (Lipinski definition) is 5. The Morgan fingerprint density at radius 1 is 1.50 bits per heavy atom. The van der Waals surface area contributed by atoms with Gasteiger partial charge in [0.15, 0.2) is 0 Å². The van der Waals surface area contributed by atoms with Crippen LogP contribution in [-0.4, -0.2) is 22.8 Å². The van der Waals surface area contributed by atoms with Gasteiger partial charge in [-0.25, -0.2) is 0 Å². The van der Waals surface area contributed by atoms with Crippen LogP contribution in [0.5, 0.6) is 0 Å². The number of aliphatic hydroxyl groups excluding tert-OH is 1. The van der Waals surface area contributed by atoms with Crippen molar-refractivity contribution in [1.29, 1.82) is 0 Å². The van der Waals surface area contributed by atoms with Gasteiger partial charge in [0.25, 0.3) is 11.7 Å². The summed E-state index contributed by atoms with van der Waals surface area (Å²) >= 11 is 1.46. The first-order valence-electron chi connectivity index (χ1n) is 6.52. The molecule has 22 heavy (non-hydrogen) atoms. The molecule has 2 atom stereocenters. The van der Waals surface area contributed by atoms with E-state index in [0.29, 0.717) is 17.5 Å². The quantitative estimate of drug-likeness (QED) is 0.746. The van der Waals surface area contributed by atoms with Crippen molar-refractivity contribution in [3.8, 4) is 0 Å². The number of amides is 1. The number of nitrogens with one attached hydrogen (secondary N) is 1. The van der Waals surface area contributed by atoms with Crippen LogP contribution < -0.4 is 5.32 Å². The lowest BCUT2D eigenvalue weighted by atomic mass is 10.1. The minimum atomic E-state index is -2.57. The molecule has 8 heteroatoms. The molecule has 0 aliphatic rings. The molecular formula is C14H15F2NO3S2. The predicted octanol–water partition coefficient (Wildman–Crippen LogP) is 3.90. The fourth-order valence-electron chi connectivity index (χ4n) is 1.93. The van der Waals surface area contributed by atoms with Gasteiger partial charge in [-0.3, -0.25) is 4.79 Å². The van der Waals surface area contributed by atoms with Gasteiger partial charge in [0, 0.05) is 17.4 Å². The number of halogens is 2. The van der Waals surface area contributed by atoms with Gasteiger partial charge >= 0.3 is 0 Å². The van der Waals surface area contributed by atoms with Crippen LogP contribution in [0.2, 0.25) is 0 Å². The fourth-order valence-corrected chi connectivity index (χ4v) is 3.54. The molecule has 2 unspecified atom stereocenters. The van der Waals surface area contributed by atoms with Crippen molar-refractivity contribution < 1.29 is 23.1 Å². The number of hydrogen-bond donors (Lipinski definition) is 2. The minimum Gasteiger partial charge on any atom is -0.467 e. The smallest absolute Gasteiger partial charge is 0.288 e. The van der Waals surface area contributed by atoms with Crippen molar-refractivity contribution in [2.75, 3.05) is 0 Å². The summed E-state index contributed by atoms with van der Waals surface area (Å²) in [5.74, 6) is -2.57. The highest BCUT2D eigenvalue weighted by Gasteiger charge is 2.20. The fraction of sp³-hybridized carbons (Fsp3) is 0.357. The Morgan fingerprint density at radius 2 is 2.27 bits per heavy atom.